The first-order chi connectivity index (χ1) is 25.6. The van der Waals surface area contributed by atoms with Crippen LogP contribution in [0.4, 0.5) is 19.0 Å². The van der Waals surface area contributed by atoms with Gasteiger partial charge in [0.2, 0.25) is 11.8 Å². The van der Waals surface area contributed by atoms with E-state index in [9.17, 15) is 37.5 Å². The lowest BCUT2D eigenvalue weighted by atomic mass is 9.49. The molecule has 54 heavy (non-hydrogen) atoms. The second-order valence-electron chi connectivity index (χ2n) is 14.0. The van der Waals surface area contributed by atoms with Crippen molar-refractivity contribution in [1.29, 1.82) is 0 Å². The van der Waals surface area contributed by atoms with Gasteiger partial charge < -0.3 is 10.2 Å². The molecule has 0 radical (unpaired) electrons. The molecular formula is C38H33Cl2F3N4O7. The fourth-order valence-corrected chi connectivity index (χ4v) is 9.17. The van der Waals surface area contributed by atoms with E-state index in [0.717, 1.165) is 0 Å². The number of rotatable bonds is 10. The fourth-order valence-electron chi connectivity index (χ4n) is 8.83. The number of hydrogen-bond donors (Lipinski definition) is 3. The number of nitrogens with zero attached hydrogens (tertiary/aromatic N) is 3. The monoisotopic (exact) mass is 784 g/mol. The Bertz CT molecular complexity index is 2080. The number of alkyl halides is 3. The van der Waals surface area contributed by atoms with Crippen LogP contribution in [0.15, 0.2) is 72.4 Å². The maximum Gasteiger partial charge on any atom is 0.417 e. The Balaban J connectivity index is 1.33. The number of hydrazine groups is 1. The van der Waals surface area contributed by atoms with Crippen LogP contribution in [-0.2, 0) is 35.6 Å². The minimum atomic E-state index is -4.75. The number of nitrogens with one attached hydrogen (secondary N) is 1. The number of phenolic OH excluding ortho intramolecular Hbond substituents is 1. The van der Waals surface area contributed by atoms with Crippen LogP contribution in [0.2, 0.25) is 10.0 Å². The molecular weight excluding hydrogens is 752 g/mol. The molecule has 2 aliphatic carbocycles. The number of imide groups is 2. The summed E-state index contributed by atoms with van der Waals surface area (Å²) >= 11 is 12.5. The highest BCUT2D eigenvalue weighted by Crippen LogP contribution is 2.64. The molecule has 3 heterocycles. The van der Waals surface area contributed by atoms with E-state index < -0.39 is 75.5 Å². The SMILES string of the molecule is O=C(O)CCCCCN1C(=O)[C@H]2[C@H](CC=C3[C@H]2C[C@H]2C(=O)N(Nc4ncc(C(F)(F)F)cc4Cl)C(=O)[C@@]2(c2ccc(Cl)cc2)[C@H]3c2ccc(O)cc2)C1=O. The van der Waals surface area contributed by atoms with E-state index in [1.54, 1.807) is 36.4 Å². The zero-order valence-electron chi connectivity index (χ0n) is 28.4. The number of fused-ring (bicyclic) bond motifs is 4. The summed E-state index contributed by atoms with van der Waals surface area (Å²) in [5.41, 5.74) is 1.36. The topological polar surface area (TPSA) is 157 Å². The Morgan fingerprint density at radius 2 is 1.65 bits per heavy atom. The molecule has 282 valence electrons. The number of benzene rings is 2. The van der Waals surface area contributed by atoms with Gasteiger partial charge in [-0.15, -0.1) is 0 Å². The number of aliphatic carboxylic acids is 1. The van der Waals surface area contributed by atoms with Crippen molar-refractivity contribution >= 4 is 58.6 Å². The van der Waals surface area contributed by atoms with E-state index in [1.807, 2.05) is 6.08 Å². The van der Waals surface area contributed by atoms with Crippen molar-refractivity contribution in [1.82, 2.24) is 14.9 Å². The van der Waals surface area contributed by atoms with Gasteiger partial charge in [-0.1, -0.05) is 65.5 Å². The minimum absolute atomic E-state index is 0.0301. The van der Waals surface area contributed by atoms with Crippen LogP contribution in [0.5, 0.6) is 5.75 Å². The minimum Gasteiger partial charge on any atom is -0.508 e. The van der Waals surface area contributed by atoms with Crippen molar-refractivity contribution in [2.24, 2.45) is 23.7 Å². The Labute approximate surface area is 316 Å². The number of anilines is 1. The van der Waals surface area contributed by atoms with Gasteiger partial charge in [-0.3, -0.25) is 34.3 Å². The van der Waals surface area contributed by atoms with E-state index in [4.69, 9.17) is 28.3 Å². The van der Waals surface area contributed by atoms with Crippen LogP contribution in [-0.4, -0.2) is 61.2 Å². The van der Waals surface area contributed by atoms with Crippen molar-refractivity contribution < 1.29 is 47.4 Å². The number of amides is 4. The van der Waals surface area contributed by atoms with Crippen LogP contribution in [0.3, 0.4) is 0 Å². The van der Waals surface area contributed by atoms with Crippen LogP contribution in [0.25, 0.3) is 0 Å². The lowest BCUT2D eigenvalue weighted by molar-refractivity contribution is -0.141. The van der Waals surface area contributed by atoms with Gasteiger partial charge in [0.1, 0.15) is 5.75 Å². The number of aromatic nitrogens is 1. The van der Waals surface area contributed by atoms with Crippen molar-refractivity contribution in [2.75, 3.05) is 12.0 Å². The molecule has 0 unspecified atom stereocenters. The summed E-state index contributed by atoms with van der Waals surface area (Å²) in [6.07, 6.45) is -0.938. The average molecular weight is 786 g/mol. The first-order valence-electron chi connectivity index (χ1n) is 17.3. The van der Waals surface area contributed by atoms with Gasteiger partial charge in [-0.2, -0.15) is 18.2 Å². The normalized spacial score (nSPS) is 26.4. The van der Waals surface area contributed by atoms with Crippen molar-refractivity contribution in [2.45, 2.75) is 56.0 Å². The summed E-state index contributed by atoms with van der Waals surface area (Å²) in [5, 5.41) is 19.8. The number of phenols is 1. The number of aromatic hydroxyl groups is 1. The van der Waals surface area contributed by atoms with Gasteiger partial charge in [0.15, 0.2) is 5.82 Å². The van der Waals surface area contributed by atoms with Gasteiger partial charge >= 0.3 is 12.1 Å². The molecule has 3 N–H and O–H groups in total. The zero-order chi connectivity index (χ0) is 38.7. The highest BCUT2D eigenvalue weighted by Gasteiger charge is 2.70. The van der Waals surface area contributed by atoms with Crippen LogP contribution in [0.1, 0.15) is 61.1 Å². The van der Waals surface area contributed by atoms with Gasteiger partial charge in [0.25, 0.3) is 11.8 Å². The molecule has 11 nitrogen and oxygen atoms in total. The van der Waals surface area contributed by atoms with Gasteiger partial charge in [-0.25, -0.2) is 4.98 Å². The third kappa shape index (κ3) is 6.18. The van der Waals surface area contributed by atoms with E-state index in [1.165, 1.54) is 17.0 Å². The van der Waals surface area contributed by atoms with E-state index >= 15 is 4.79 Å². The number of allylic oxidation sites excluding steroid dienone is 2. The maximum absolute atomic E-state index is 15.2. The Morgan fingerprint density at radius 1 is 0.944 bits per heavy atom. The standard InChI is InChI=1S/C38H33Cl2F3N4O7/c39-22-9-7-20(8-10-22)37-27(34(52)47(36(37)54)45-32-28(40)16-21(18-44-32)38(41,42)43)17-26-24(31(37)19-5-11-23(48)12-6-19)13-14-25-30(26)35(53)46(33(25)51)15-3-1-2-4-29(49)50/h5-13,16,18,25-27,30-31,48H,1-4,14-15,17H2,(H,44,45)(H,49,50)/t25-,26+,27-,30-,31-,37+/m0/s1. The molecule has 7 rings (SSSR count). The van der Waals surface area contributed by atoms with Crippen LogP contribution >= 0.6 is 23.2 Å². The summed E-state index contributed by atoms with van der Waals surface area (Å²) in [4.78, 5) is 73.7. The largest absolute Gasteiger partial charge is 0.508 e. The van der Waals surface area contributed by atoms with Crippen molar-refractivity contribution in [3.05, 3.63) is 99.2 Å². The molecule has 16 heteroatoms. The number of halogens is 5. The summed E-state index contributed by atoms with van der Waals surface area (Å²) in [5.74, 6) is -7.96. The molecule has 6 atom stereocenters. The molecule has 3 fully saturated rings. The predicted molar refractivity (Wildman–Crippen MR) is 188 cm³/mol. The van der Waals surface area contributed by atoms with Crippen molar-refractivity contribution in [3.8, 4) is 5.75 Å². The maximum atomic E-state index is 15.2. The number of carbonyl (C=O) groups is 5. The lowest BCUT2D eigenvalue weighted by Crippen LogP contribution is -2.53. The van der Waals surface area contributed by atoms with Crippen molar-refractivity contribution in [3.63, 3.8) is 0 Å². The first kappa shape index (κ1) is 37.4. The number of carbonyl (C=O) groups excluding carboxylic acids is 4. The molecule has 1 saturated carbocycles. The first-order valence-corrected chi connectivity index (χ1v) is 18.1. The third-order valence-corrected chi connectivity index (χ3v) is 11.7. The van der Waals surface area contributed by atoms with Gasteiger partial charge in [0, 0.05) is 30.1 Å². The Kier molecular flexibility index (Phi) is 9.71. The summed E-state index contributed by atoms with van der Waals surface area (Å²) in [6, 6.07) is 13.2. The molecule has 2 saturated heterocycles. The number of carboxylic acid groups (broad SMARTS) is 1. The average Bonchev–Trinajstić information content (AvgIpc) is 3.49. The Morgan fingerprint density at radius 3 is 2.30 bits per heavy atom. The van der Waals surface area contributed by atoms with Gasteiger partial charge in [-0.05, 0) is 73.1 Å². The number of likely N-dealkylation sites (tertiary alicyclic amines) is 1. The van der Waals surface area contributed by atoms with E-state index in [0.29, 0.717) is 58.3 Å². The van der Waals surface area contributed by atoms with Crippen LogP contribution in [0, 0.1) is 23.7 Å². The Hall–Kier alpha value is -4.95. The number of pyridine rings is 1. The number of carboxylic acids is 1. The second-order valence-corrected chi connectivity index (χ2v) is 14.9. The molecule has 3 aromatic rings. The number of unbranched alkanes of at least 4 members (excludes halogenated alkanes) is 2. The lowest BCUT2D eigenvalue weighted by Gasteiger charge is -2.50. The van der Waals surface area contributed by atoms with E-state index in [2.05, 4.69) is 10.4 Å². The molecule has 4 aliphatic rings. The van der Waals surface area contributed by atoms with E-state index in [-0.39, 0.29) is 43.3 Å². The highest BCUT2D eigenvalue weighted by atomic mass is 35.5. The summed E-state index contributed by atoms with van der Waals surface area (Å²) in [6.45, 7) is 0.113. The predicted octanol–water partition coefficient (Wildman–Crippen LogP) is 6.74. The van der Waals surface area contributed by atoms with Gasteiger partial charge in [0.05, 0.1) is 33.8 Å². The molecule has 1 aromatic heterocycles. The summed E-state index contributed by atoms with van der Waals surface area (Å²) in [7, 11) is 0. The molecule has 2 aromatic carbocycles. The molecule has 0 bridgehead atoms. The molecule has 4 amide bonds. The molecule has 0 spiro atoms. The summed E-state index contributed by atoms with van der Waals surface area (Å²) < 4.78 is 40.3. The molecule has 2 aliphatic heterocycles. The third-order valence-electron chi connectivity index (χ3n) is 11.1. The quantitative estimate of drug-likeness (QED) is 0.115. The smallest absolute Gasteiger partial charge is 0.417 e. The fraction of sp³-hybridized carbons (Fsp3) is 0.368. The number of hydrogen-bond acceptors (Lipinski definition) is 8. The van der Waals surface area contributed by atoms with Crippen LogP contribution < -0.4 is 5.43 Å². The highest BCUT2D eigenvalue weighted by molar-refractivity contribution is 6.33. The second kappa shape index (κ2) is 14.0. The zero-order valence-corrected chi connectivity index (χ0v) is 29.9.